The van der Waals surface area contributed by atoms with Crippen LogP contribution in [0.25, 0.3) is 0 Å². The van der Waals surface area contributed by atoms with Crippen molar-refractivity contribution in [3.05, 3.63) is 77.7 Å². The molecule has 1 aliphatic rings. The quantitative estimate of drug-likeness (QED) is 0.587. The van der Waals surface area contributed by atoms with E-state index in [1.807, 2.05) is 35.2 Å². The van der Waals surface area contributed by atoms with Gasteiger partial charge < -0.3 is 14.2 Å². The van der Waals surface area contributed by atoms with Gasteiger partial charge in [-0.3, -0.25) is 4.79 Å². The lowest BCUT2D eigenvalue weighted by molar-refractivity contribution is -0.132. The van der Waals surface area contributed by atoms with Gasteiger partial charge >= 0.3 is 0 Å². The Morgan fingerprint density at radius 2 is 1.83 bits per heavy atom. The highest BCUT2D eigenvalue weighted by Gasteiger charge is 2.26. The van der Waals surface area contributed by atoms with Crippen LogP contribution < -0.4 is 4.74 Å². The Balaban J connectivity index is 1.23. The third-order valence-corrected chi connectivity index (χ3v) is 5.34. The fourth-order valence-corrected chi connectivity index (χ4v) is 3.61. The number of rotatable bonds is 7. The first-order valence-corrected chi connectivity index (χ1v) is 10.2. The topological polar surface area (TPSA) is 68.5 Å². The molecule has 0 unspecified atom stereocenters. The molecule has 2 heterocycles. The van der Waals surface area contributed by atoms with Crippen LogP contribution in [0.4, 0.5) is 4.39 Å². The van der Waals surface area contributed by atoms with Crippen LogP contribution in [0.2, 0.25) is 0 Å². The van der Waals surface area contributed by atoms with Crippen LogP contribution in [0, 0.1) is 5.82 Å². The molecule has 1 fully saturated rings. The minimum Gasteiger partial charge on any atom is -0.484 e. The summed E-state index contributed by atoms with van der Waals surface area (Å²) in [6, 6.07) is 15.8. The van der Waals surface area contributed by atoms with Gasteiger partial charge in [0, 0.05) is 25.4 Å². The maximum Gasteiger partial charge on any atom is 0.264 e. The van der Waals surface area contributed by atoms with Gasteiger partial charge in [0.05, 0.1) is 0 Å². The molecule has 1 aromatic heterocycles. The van der Waals surface area contributed by atoms with E-state index >= 15 is 0 Å². The van der Waals surface area contributed by atoms with Crippen molar-refractivity contribution in [3.8, 4) is 5.75 Å². The number of hydrogen-bond acceptors (Lipinski definition) is 5. The summed E-state index contributed by atoms with van der Waals surface area (Å²) < 4.78 is 23.8. The standard InChI is InChI=1S/C23H24FN3O3/c24-19-7-9-20(10-8-19)29-16-21-25-23(26-30-21)18-12-14-27(15-13-18)22(28)11-6-17-4-2-1-3-5-17/h1-5,7-10,18H,6,11-16H2. The third-order valence-electron chi connectivity index (χ3n) is 5.34. The lowest BCUT2D eigenvalue weighted by atomic mass is 9.95. The first kappa shape index (κ1) is 20.1. The number of amides is 1. The number of benzene rings is 2. The molecule has 0 radical (unpaired) electrons. The maximum atomic E-state index is 12.9. The van der Waals surface area contributed by atoms with Gasteiger partial charge in [0.25, 0.3) is 5.89 Å². The molecule has 0 aliphatic carbocycles. The van der Waals surface area contributed by atoms with Crippen molar-refractivity contribution in [2.75, 3.05) is 13.1 Å². The molecule has 0 saturated carbocycles. The third kappa shape index (κ3) is 5.23. The van der Waals surface area contributed by atoms with Crippen molar-refractivity contribution >= 4 is 5.91 Å². The summed E-state index contributed by atoms with van der Waals surface area (Å²) in [5, 5.41) is 4.08. The molecule has 0 bridgehead atoms. The highest BCUT2D eigenvalue weighted by molar-refractivity contribution is 5.76. The number of carbonyl (C=O) groups excluding carboxylic acids is 1. The van der Waals surface area contributed by atoms with Crippen LogP contribution in [0.5, 0.6) is 5.75 Å². The number of nitrogens with zero attached hydrogens (tertiary/aromatic N) is 3. The van der Waals surface area contributed by atoms with Crippen molar-refractivity contribution in [2.45, 2.75) is 38.2 Å². The van der Waals surface area contributed by atoms with Gasteiger partial charge in [0.1, 0.15) is 11.6 Å². The summed E-state index contributed by atoms with van der Waals surface area (Å²) >= 11 is 0. The van der Waals surface area contributed by atoms with E-state index < -0.39 is 0 Å². The number of aryl methyl sites for hydroxylation is 1. The molecule has 30 heavy (non-hydrogen) atoms. The fraction of sp³-hybridized carbons (Fsp3) is 0.348. The average molecular weight is 409 g/mol. The molecule has 4 rings (SSSR count). The lowest BCUT2D eigenvalue weighted by Gasteiger charge is -2.30. The summed E-state index contributed by atoms with van der Waals surface area (Å²) in [5.41, 5.74) is 1.18. The van der Waals surface area contributed by atoms with E-state index in [1.165, 1.54) is 17.7 Å². The second kappa shape index (κ2) is 9.52. The van der Waals surface area contributed by atoms with Crippen molar-refractivity contribution in [1.29, 1.82) is 0 Å². The second-order valence-electron chi connectivity index (χ2n) is 7.43. The van der Waals surface area contributed by atoms with Gasteiger partial charge in [-0.1, -0.05) is 35.5 Å². The molecule has 0 atom stereocenters. The van der Waals surface area contributed by atoms with Crippen molar-refractivity contribution in [3.63, 3.8) is 0 Å². The second-order valence-corrected chi connectivity index (χ2v) is 7.43. The first-order chi connectivity index (χ1) is 14.7. The molecular weight excluding hydrogens is 385 g/mol. The molecule has 1 aliphatic heterocycles. The first-order valence-electron chi connectivity index (χ1n) is 10.2. The molecule has 7 heteroatoms. The van der Waals surface area contributed by atoms with E-state index in [1.54, 1.807) is 12.1 Å². The molecular formula is C23H24FN3O3. The summed E-state index contributed by atoms with van der Waals surface area (Å²) in [7, 11) is 0. The minimum atomic E-state index is -0.313. The Morgan fingerprint density at radius 3 is 2.57 bits per heavy atom. The van der Waals surface area contributed by atoms with Gasteiger partial charge in [-0.15, -0.1) is 0 Å². The number of ether oxygens (including phenoxy) is 1. The van der Waals surface area contributed by atoms with Gasteiger partial charge in [-0.2, -0.15) is 4.98 Å². The summed E-state index contributed by atoms with van der Waals surface area (Å²) in [5.74, 6) is 1.64. The molecule has 2 aromatic carbocycles. The number of aromatic nitrogens is 2. The molecule has 0 N–H and O–H groups in total. The number of likely N-dealkylation sites (tertiary alicyclic amines) is 1. The lowest BCUT2D eigenvalue weighted by Crippen LogP contribution is -2.38. The van der Waals surface area contributed by atoms with Crippen LogP contribution in [0.1, 0.15) is 42.5 Å². The summed E-state index contributed by atoms with van der Waals surface area (Å²) in [6.45, 7) is 1.54. The number of halogens is 1. The molecule has 156 valence electrons. The Labute approximate surface area is 174 Å². The Kier molecular flexibility index (Phi) is 6.37. The summed E-state index contributed by atoms with van der Waals surface area (Å²) in [6.07, 6.45) is 2.92. The molecule has 0 spiro atoms. The molecule has 1 saturated heterocycles. The molecule has 3 aromatic rings. The Bertz CT molecular complexity index is 951. The van der Waals surface area contributed by atoms with E-state index in [4.69, 9.17) is 9.26 Å². The highest BCUT2D eigenvalue weighted by atomic mass is 19.1. The van der Waals surface area contributed by atoms with Crippen LogP contribution >= 0.6 is 0 Å². The monoisotopic (exact) mass is 409 g/mol. The predicted molar refractivity (Wildman–Crippen MR) is 108 cm³/mol. The molecule has 1 amide bonds. The smallest absolute Gasteiger partial charge is 0.264 e. The van der Waals surface area contributed by atoms with E-state index in [0.717, 1.165) is 19.3 Å². The van der Waals surface area contributed by atoms with Crippen molar-refractivity contribution < 1.29 is 18.4 Å². The zero-order chi connectivity index (χ0) is 20.8. The van der Waals surface area contributed by atoms with E-state index in [0.29, 0.717) is 37.0 Å². The minimum absolute atomic E-state index is 0.134. The average Bonchev–Trinajstić information content (AvgIpc) is 3.27. The van der Waals surface area contributed by atoms with Crippen LogP contribution in [0.3, 0.4) is 0 Å². The van der Waals surface area contributed by atoms with Crippen LogP contribution in [0.15, 0.2) is 59.1 Å². The predicted octanol–water partition coefficient (Wildman–Crippen LogP) is 4.13. The highest BCUT2D eigenvalue weighted by Crippen LogP contribution is 2.26. The Morgan fingerprint density at radius 1 is 1.10 bits per heavy atom. The van der Waals surface area contributed by atoms with E-state index in [2.05, 4.69) is 10.1 Å². The van der Waals surface area contributed by atoms with Gasteiger partial charge in [-0.05, 0) is 49.1 Å². The zero-order valence-electron chi connectivity index (χ0n) is 16.7. The van der Waals surface area contributed by atoms with Gasteiger partial charge in [0.2, 0.25) is 5.91 Å². The Hall–Kier alpha value is -3.22. The number of carbonyl (C=O) groups is 1. The van der Waals surface area contributed by atoms with Crippen molar-refractivity contribution in [2.24, 2.45) is 0 Å². The largest absolute Gasteiger partial charge is 0.484 e. The van der Waals surface area contributed by atoms with Crippen LogP contribution in [-0.4, -0.2) is 34.0 Å². The van der Waals surface area contributed by atoms with Crippen molar-refractivity contribution in [1.82, 2.24) is 15.0 Å². The maximum absolute atomic E-state index is 12.9. The normalized spacial score (nSPS) is 14.6. The number of piperidine rings is 1. The SMILES string of the molecule is O=C(CCc1ccccc1)N1CCC(c2noc(COc3ccc(F)cc3)n2)CC1. The number of hydrogen-bond donors (Lipinski definition) is 0. The summed E-state index contributed by atoms with van der Waals surface area (Å²) in [4.78, 5) is 18.9. The fourth-order valence-electron chi connectivity index (χ4n) is 3.61. The van der Waals surface area contributed by atoms with Gasteiger partial charge in [-0.25, -0.2) is 4.39 Å². The molecule has 6 nitrogen and oxygen atoms in total. The van der Waals surface area contributed by atoms with E-state index in [9.17, 15) is 9.18 Å². The van der Waals surface area contributed by atoms with Gasteiger partial charge in [0.15, 0.2) is 12.4 Å². The van der Waals surface area contributed by atoms with Crippen LogP contribution in [-0.2, 0) is 17.8 Å². The zero-order valence-corrected chi connectivity index (χ0v) is 16.7. The van der Waals surface area contributed by atoms with E-state index in [-0.39, 0.29) is 24.2 Å².